The Morgan fingerprint density at radius 1 is 0.838 bits per heavy atom. The van der Waals surface area contributed by atoms with E-state index in [9.17, 15) is 14.4 Å². The largest absolute Gasteiger partial charge is 0.438 e. The normalized spacial score (nSPS) is 15.6. The summed E-state index contributed by atoms with van der Waals surface area (Å²) >= 11 is 0. The number of hydrogen-bond acceptors (Lipinski definition) is 6. The second-order valence-corrected chi connectivity index (χ2v) is 9.35. The molecule has 2 aliphatic rings. The number of carbonyl (C=O) groups is 3. The summed E-state index contributed by atoms with van der Waals surface area (Å²) in [5.41, 5.74) is 0.758. The molecule has 186 valence electrons. The van der Waals surface area contributed by atoms with Crippen molar-refractivity contribution in [2.24, 2.45) is 11.3 Å². The maximum Gasteiger partial charge on any atom is 0.240 e. The highest BCUT2D eigenvalue weighted by Gasteiger charge is 2.56. The molecule has 0 saturated heterocycles. The second kappa shape index (κ2) is 9.05. The molecule has 2 heterocycles. The van der Waals surface area contributed by atoms with Crippen molar-refractivity contribution in [1.82, 2.24) is 14.6 Å². The molecule has 10 nitrogen and oxygen atoms in total. The van der Waals surface area contributed by atoms with E-state index in [-0.39, 0.29) is 23.6 Å². The number of anilines is 3. The Kier molecular flexibility index (Phi) is 5.56. The minimum absolute atomic E-state index is 0.0171. The number of rotatable bonds is 8. The molecule has 6 rings (SSSR count). The van der Waals surface area contributed by atoms with E-state index in [2.05, 4.69) is 26.0 Å². The van der Waals surface area contributed by atoms with Crippen LogP contribution in [0.25, 0.3) is 5.65 Å². The van der Waals surface area contributed by atoms with E-state index in [1.165, 1.54) is 0 Å². The summed E-state index contributed by atoms with van der Waals surface area (Å²) in [6.07, 6.45) is 4.49. The van der Waals surface area contributed by atoms with Crippen LogP contribution in [-0.2, 0) is 14.4 Å². The van der Waals surface area contributed by atoms with Gasteiger partial charge >= 0.3 is 0 Å². The first-order valence-electron chi connectivity index (χ1n) is 12.1. The fourth-order valence-corrected chi connectivity index (χ4v) is 3.99. The van der Waals surface area contributed by atoms with E-state index in [1.54, 1.807) is 59.2 Å². The van der Waals surface area contributed by atoms with Gasteiger partial charge in [-0.25, -0.2) is 9.50 Å². The highest BCUT2D eigenvalue weighted by Crippen LogP contribution is 2.47. The maximum atomic E-state index is 12.9. The topological polar surface area (TPSA) is 127 Å². The molecule has 2 aromatic heterocycles. The first-order valence-corrected chi connectivity index (χ1v) is 12.1. The summed E-state index contributed by atoms with van der Waals surface area (Å²) in [6, 6.07) is 19.4. The quantitative estimate of drug-likeness (QED) is 0.314. The Morgan fingerprint density at radius 2 is 1.51 bits per heavy atom. The van der Waals surface area contributed by atoms with E-state index < -0.39 is 5.41 Å². The van der Waals surface area contributed by atoms with Crippen LogP contribution in [-0.4, -0.2) is 32.3 Å². The smallest absolute Gasteiger partial charge is 0.240 e. The fraction of sp³-hybridized carbons (Fsp3) is 0.222. The van der Waals surface area contributed by atoms with Crippen molar-refractivity contribution in [2.75, 3.05) is 16.0 Å². The number of fused-ring (bicyclic) bond motifs is 1. The van der Waals surface area contributed by atoms with Gasteiger partial charge in [0.05, 0.1) is 6.20 Å². The summed E-state index contributed by atoms with van der Waals surface area (Å²) in [5.74, 6) is 0.764. The maximum absolute atomic E-state index is 12.9. The number of hydrogen-bond donors (Lipinski definition) is 3. The van der Waals surface area contributed by atoms with Gasteiger partial charge in [0.2, 0.25) is 23.6 Å². The van der Waals surface area contributed by atoms with E-state index >= 15 is 0 Å². The van der Waals surface area contributed by atoms with E-state index in [4.69, 9.17) is 4.74 Å². The van der Waals surface area contributed by atoms with Gasteiger partial charge in [0.25, 0.3) is 0 Å². The number of ether oxygens (including phenoxy) is 1. The molecule has 0 aliphatic heterocycles. The zero-order valence-corrected chi connectivity index (χ0v) is 19.8. The van der Waals surface area contributed by atoms with Crippen LogP contribution in [0, 0.1) is 11.3 Å². The minimum Gasteiger partial charge on any atom is -0.438 e. The number of nitrogens with zero attached hydrogens (tertiary/aromatic N) is 3. The predicted molar refractivity (Wildman–Crippen MR) is 136 cm³/mol. The second-order valence-electron chi connectivity index (χ2n) is 9.35. The van der Waals surface area contributed by atoms with Crippen LogP contribution in [0.2, 0.25) is 0 Å². The Hall–Kier alpha value is -4.73. The van der Waals surface area contributed by atoms with Crippen molar-refractivity contribution in [3.8, 4) is 11.6 Å². The predicted octanol–water partition coefficient (Wildman–Crippen LogP) is 4.23. The van der Waals surface area contributed by atoms with Crippen molar-refractivity contribution in [2.45, 2.75) is 25.7 Å². The summed E-state index contributed by atoms with van der Waals surface area (Å²) in [6.45, 7) is 0. The number of nitrogens with one attached hydrogen (secondary N) is 3. The van der Waals surface area contributed by atoms with Crippen LogP contribution in [0.3, 0.4) is 0 Å². The highest BCUT2D eigenvalue weighted by atomic mass is 16.5. The summed E-state index contributed by atoms with van der Waals surface area (Å²) in [5, 5.41) is 12.9. The fourth-order valence-electron chi connectivity index (χ4n) is 3.99. The van der Waals surface area contributed by atoms with Gasteiger partial charge in [-0.05, 0) is 68.1 Å². The zero-order chi connectivity index (χ0) is 25.4. The van der Waals surface area contributed by atoms with Crippen molar-refractivity contribution >= 4 is 40.6 Å². The molecular weight excluding hydrogens is 472 g/mol. The molecule has 0 spiro atoms. The molecule has 0 atom stereocenters. The van der Waals surface area contributed by atoms with Crippen molar-refractivity contribution in [3.05, 3.63) is 72.9 Å². The minimum atomic E-state index is -1.05. The molecular formula is C27H24N6O4. The molecule has 2 aliphatic carbocycles. The lowest BCUT2D eigenvalue weighted by Gasteiger charge is -2.15. The van der Waals surface area contributed by atoms with Crippen LogP contribution < -0.4 is 20.7 Å². The van der Waals surface area contributed by atoms with Gasteiger partial charge in [-0.2, -0.15) is 0 Å². The molecule has 37 heavy (non-hydrogen) atoms. The molecule has 4 aromatic rings. The summed E-state index contributed by atoms with van der Waals surface area (Å²) in [4.78, 5) is 42.0. The zero-order valence-electron chi connectivity index (χ0n) is 19.8. The van der Waals surface area contributed by atoms with Gasteiger partial charge in [0.15, 0.2) is 11.5 Å². The average Bonchev–Trinajstić information content (AvgIpc) is 3.82. The Balaban J connectivity index is 1.07. The number of benzene rings is 2. The molecule has 3 N–H and O–H groups in total. The lowest BCUT2D eigenvalue weighted by molar-refractivity contribution is -0.131. The van der Waals surface area contributed by atoms with Gasteiger partial charge in [0.1, 0.15) is 11.2 Å². The molecule has 2 fully saturated rings. The van der Waals surface area contributed by atoms with Gasteiger partial charge in [-0.15, -0.1) is 5.10 Å². The third-order valence-electron chi connectivity index (χ3n) is 6.48. The SMILES string of the molecule is O=C(Nc1cn2nc(Oc3ccc(NC(=O)C4(C(=O)Nc5ccccc5)CC4)cc3)ccc2n1)C1CC1. The van der Waals surface area contributed by atoms with Gasteiger partial charge < -0.3 is 20.7 Å². The number of para-hydroxylation sites is 1. The van der Waals surface area contributed by atoms with Crippen LogP contribution in [0.5, 0.6) is 11.6 Å². The first-order chi connectivity index (χ1) is 18.0. The molecule has 0 unspecified atom stereocenters. The number of aromatic nitrogens is 3. The molecule has 0 bridgehead atoms. The molecule has 2 saturated carbocycles. The molecule has 10 heteroatoms. The van der Waals surface area contributed by atoms with Crippen molar-refractivity contribution < 1.29 is 19.1 Å². The summed E-state index contributed by atoms with van der Waals surface area (Å²) < 4.78 is 7.39. The molecule has 2 aromatic carbocycles. The van der Waals surface area contributed by atoms with E-state index in [0.717, 1.165) is 12.8 Å². The lowest BCUT2D eigenvalue weighted by Crippen LogP contribution is -2.35. The molecule has 3 amide bonds. The van der Waals surface area contributed by atoms with Gasteiger partial charge in [-0.3, -0.25) is 14.4 Å². The van der Waals surface area contributed by atoms with Crippen LogP contribution in [0.4, 0.5) is 17.2 Å². The third-order valence-corrected chi connectivity index (χ3v) is 6.48. The van der Waals surface area contributed by atoms with Crippen LogP contribution in [0.1, 0.15) is 25.7 Å². The molecule has 0 radical (unpaired) electrons. The van der Waals surface area contributed by atoms with Gasteiger partial charge in [0, 0.05) is 23.4 Å². The number of carbonyl (C=O) groups excluding carboxylic acids is 3. The standard InChI is InChI=1S/C27H24N6O4/c34-24(17-6-7-17)31-21-16-33-22(30-21)12-13-23(32-33)37-20-10-8-19(9-11-20)29-26(36)27(14-15-27)25(35)28-18-4-2-1-3-5-18/h1-5,8-13,16-17H,6-7,14-15H2,(H,28,35)(H,29,36)(H,31,34). The van der Waals surface area contributed by atoms with Gasteiger partial charge in [-0.1, -0.05) is 18.2 Å². The Labute approximate surface area is 212 Å². The van der Waals surface area contributed by atoms with Crippen LogP contribution >= 0.6 is 0 Å². The average molecular weight is 497 g/mol. The number of amides is 3. The van der Waals surface area contributed by atoms with E-state index in [0.29, 0.717) is 47.3 Å². The monoisotopic (exact) mass is 496 g/mol. The van der Waals surface area contributed by atoms with Crippen LogP contribution in [0.15, 0.2) is 72.9 Å². The summed E-state index contributed by atoms with van der Waals surface area (Å²) in [7, 11) is 0. The van der Waals surface area contributed by atoms with E-state index in [1.807, 2.05) is 18.2 Å². The lowest BCUT2D eigenvalue weighted by atomic mass is 10.0. The first kappa shape index (κ1) is 22.7. The Bertz CT molecular complexity index is 1490. The third kappa shape index (κ3) is 4.86. The van der Waals surface area contributed by atoms with Crippen molar-refractivity contribution in [1.29, 1.82) is 0 Å². The highest BCUT2D eigenvalue weighted by molar-refractivity contribution is 6.16. The Morgan fingerprint density at radius 3 is 2.16 bits per heavy atom. The number of imidazole rings is 1. The van der Waals surface area contributed by atoms with Crippen molar-refractivity contribution in [3.63, 3.8) is 0 Å².